The maximum absolute atomic E-state index is 9.56. The number of nitrogens with zero attached hydrogens (tertiary/aromatic N) is 1. The van der Waals surface area contributed by atoms with E-state index in [2.05, 4.69) is 19.9 Å². The highest BCUT2D eigenvalue weighted by molar-refractivity contribution is 5.01. The van der Waals surface area contributed by atoms with Crippen LogP contribution in [0.25, 0.3) is 0 Å². The van der Waals surface area contributed by atoms with Crippen LogP contribution < -0.4 is 0 Å². The minimum atomic E-state index is 0.0306. The van der Waals surface area contributed by atoms with Crippen LogP contribution in [0.4, 0.5) is 0 Å². The second-order valence-electron chi connectivity index (χ2n) is 10.9. The van der Waals surface area contributed by atoms with Crippen LogP contribution in [0.3, 0.4) is 0 Å². The van der Waals surface area contributed by atoms with Gasteiger partial charge in [0, 0.05) is 0 Å². The molecule has 0 aromatic heterocycles. The van der Waals surface area contributed by atoms with Crippen LogP contribution in [0, 0.1) is 46.3 Å². The van der Waals surface area contributed by atoms with Gasteiger partial charge in [-0.3, -0.25) is 0 Å². The van der Waals surface area contributed by atoms with Gasteiger partial charge in [-0.15, -0.1) is 0 Å². The molecule has 3 aliphatic carbocycles. The van der Waals surface area contributed by atoms with Crippen LogP contribution in [-0.4, -0.2) is 0 Å². The molecule has 0 aliphatic heterocycles. The predicted molar refractivity (Wildman–Crippen MR) is 120 cm³/mol. The second-order valence-corrected chi connectivity index (χ2v) is 10.9. The molecule has 0 spiro atoms. The molecule has 1 heteroatoms. The molecule has 0 amide bonds. The Balaban J connectivity index is 1.33. The third-order valence-corrected chi connectivity index (χ3v) is 9.41. The molecule has 0 saturated heterocycles. The normalized spacial score (nSPS) is 39.4. The first-order chi connectivity index (χ1) is 13.7. The van der Waals surface area contributed by atoms with Crippen molar-refractivity contribution in [1.82, 2.24) is 0 Å². The zero-order chi connectivity index (χ0) is 19.8. The number of hydrogen-bond acceptors (Lipinski definition) is 1. The van der Waals surface area contributed by atoms with Crippen LogP contribution in [-0.2, 0) is 0 Å². The minimum Gasteiger partial charge on any atom is -0.198 e. The summed E-state index contributed by atoms with van der Waals surface area (Å²) < 4.78 is 0. The highest BCUT2D eigenvalue weighted by atomic mass is 14.4. The maximum atomic E-state index is 9.56. The van der Waals surface area contributed by atoms with E-state index in [-0.39, 0.29) is 5.41 Å². The van der Waals surface area contributed by atoms with Gasteiger partial charge in [0.05, 0.1) is 11.5 Å². The summed E-state index contributed by atoms with van der Waals surface area (Å²) >= 11 is 0. The Morgan fingerprint density at radius 2 is 1.18 bits per heavy atom. The lowest BCUT2D eigenvalue weighted by molar-refractivity contribution is 0.0917. The summed E-state index contributed by atoms with van der Waals surface area (Å²) in [4.78, 5) is 0. The molecule has 0 N–H and O–H groups in total. The minimum absolute atomic E-state index is 0.0306. The van der Waals surface area contributed by atoms with Gasteiger partial charge in [-0.1, -0.05) is 58.8 Å². The van der Waals surface area contributed by atoms with Gasteiger partial charge in [-0.05, 0) is 100 Å². The van der Waals surface area contributed by atoms with Crippen molar-refractivity contribution in [2.24, 2.45) is 35.0 Å². The molecule has 3 saturated carbocycles. The van der Waals surface area contributed by atoms with Crippen LogP contribution in [0.5, 0.6) is 0 Å². The lowest BCUT2D eigenvalue weighted by Gasteiger charge is -2.42. The number of hydrogen-bond donors (Lipinski definition) is 0. The van der Waals surface area contributed by atoms with Gasteiger partial charge in [0.1, 0.15) is 0 Å². The smallest absolute Gasteiger partial charge is 0.0689 e. The van der Waals surface area contributed by atoms with Gasteiger partial charge < -0.3 is 0 Å². The Labute approximate surface area is 176 Å². The molecule has 0 aromatic carbocycles. The molecule has 160 valence electrons. The molecular formula is C27H47N. The lowest BCUT2D eigenvalue weighted by atomic mass is 9.62. The van der Waals surface area contributed by atoms with Gasteiger partial charge in [-0.2, -0.15) is 5.26 Å². The highest BCUT2D eigenvalue weighted by Crippen LogP contribution is 2.49. The summed E-state index contributed by atoms with van der Waals surface area (Å²) in [6.07, 6.45) is 25.5. The van der Waals surface area contributed by atoms with Crippen LogP contribution in [0.2, 0.25) is 0 Å². The first-order valence-corrected chi connectivity index (χ1v) is 13.1. The van der Waals surface area contributed by atoms with Gasteiger partial charge in [0.15, 0.2) is 0 Å². The molecule has 0 unspecified atom stereocenters. The average molecular weight is 386 g/mol. The molecule has 1 nitrogen and oxygen atoms in total. The van der Waals surface area contributed by atoms with E-state index in [0.717, 1.165) is 36.0 Å². The quantitative estimate of drug-likeness (QED) is 0.383. The highest BCUT2D eigenvalue weighted by Gasteiger charge is 2.38. The Kier molecular flexibility index (Phi) is 8.74. The van der Waals surface area contributed by atoms with Crippen LogP contribution >= 0.6 is 0 Å². The predicted octanol–water partition coefficient (Wildman–Crippen LogP) is 8.68. The lowest BCUT2D eigenvalue weighted by Crippen LogP contribution is -2.32. The number of unbranched alkanes of at least 4 members (excludes halogenated alkanes) is 3. The number of nitriles is 1. The number of rotatable bonds is 8. The van der Waals surface area contributed by atoms with Crippen LogP contribution in [0.1, 0.15) is 129 Å². The third-order valence-electron chi connectivity index (χ3n) is 9.41. The summed E-state index contributed by atoms with van der Waals surface area (Å²) in [5, 5.41) is 9.56. The van der Waals surface area contributed by atoms with Crippen molar-refractivity contribution in [3.05, 3.63) is 0 Å². The fraction of sp³-hybridized carbons (Fsp3) is 0.963. The Morgan fingerprint density at radius 1 is 0.679 bits per heavy atom. The van der Waals surface area contributed by atoms with Gasteiger partial charge in [0.25, 0.3) is 0 Å². The molecule has 3 rings (SSSR count). The zero-order valence-corrected chi connectivity index (χ0v) is 19.1. The Morgan fingerprint density at radius 3 is 1.64 bits per heavy atom. The van der Waals surface area contributed by atoms with Gasteiger partial charge >= 0.3 is 0 Å². The summed E-state index contributed by atoms with van der Waals surface area (Å²) in [6, 6.07) is 2.66. The Hall–Kier alpha value is -0.510. The fourth-order valence-corrected chi connectivity index (χ4v) is 7.10. The third kappa shape index (κ3) is 5.77. The summed E-state index contributed by atoms with van der Waals surface area (Å²) in [5.74, 6) is 5.10. The van der Waals surface area contributed by atoms with E-state index in [0.29, 0.717) is 0 Å². The molecule has 3 aliphatic rings. The van der Waals surface area contributed by atoms with Crippen molar-refractivity contribution in [3.63, 3.8) is 0 Å². The SMILES string of the molecule is CCCCCCC1CCC(C2CCC(C3CCC(C#N)(CC)CC3)CC2)CC1. The van der Waals surface area contributed by atoms with E-state index in [1.165, 1.54) is 96.3 Å². The van der Waals surface area contributed by atoms with Gasteiger partial charge in [0.2, 0.25) is 0 Å². The fourth-order valence-electron chi connectivity index (χ4n) is 7.10. The van der Waals surface area contributed by atoms with Crippen molar-refractivity contribution in [3.8, 4) is 6.07 Å². The van der Waals surface area contributed by atoms with E-state index < -0.39 is 0 Å². The van der Waals surface area contributed by atoms with Crippen molar-refractivity contribution < 1.29 is 0 Å². The molecule has 0 heterocycles. The van der Waals surface area contributed by atoms with Gasteiger partial charge in [-0.25, -0.2) is 0 Å². The molecule has 0 atom stereocenters. The monoisotopic (exact) mass is 385 g/mol. The molecule has 3 fully saturated rings. The zero-order valence-electron chi connectivity index (χ0n) is 19.1. The van der Waals surface area contributed by atoms with E-state index >= 15 is 0 Å². The molecule has 0 bridgehead atoms. The molecule has 0 radical (unpaired) electrons. The van der Waals surface area contributed by atoms with Crippen molar-refractivity contribution in [2.75, 3.05) is 0 Å². The summed E-state index contributed by atoms with van der Waals surface area (Å²) in [6.45, 7) is 4.54. The van der Waals surface area contributed by atoms with E-state index in [4.69, 9.17) is 0 Å². The first kappa shape index (κ1) is 22.2. The maximum Gasteiger partial charge on any atom is 0.0689 e. The summed E-state index contributed by atoms with van der Waals surface area (Å²) in [5.41, 5.74) is 0.0306. The van der Waals surface area contributed by atoms with Crippen molar-refractivity contribution >= 4 is 0 Å². The summed E-state index contributed by atoms with van der Waals surface area (Å²) in [7, 11) is 0. The largest absolute Gasteiger partial charge is 0.198 e. The first-order valence-electron chi connectivity index (χ1n) is 13.1. The van der Waals surface area contributed by atoms with Crippen molar-refractivity contribution in [1.29, 1.82) is 5.26 Å². The van der Waals surface area contributed by atoms with Crippen LogP contribution in [0.15, 0.2) is 0 Å². The molecular weight excluding hydrogens is 338 g/mol. The van der Waals surface area contributed by atoms with E-state index in [1.807, 2.05) is 0 Å². The van der Waals surface area contributed by atoms with Crippen molar-refractivity contribution in [2.45, 2.75) is 129 Å². The van der Waals surface area contributed by atoms with E-state index in [9.17, 15) is 5.26 Å². The molecule has 28 heavy (non-hydrogen) atoms. The average Bonchev–Trinajstić information content (AvgIpc) is 2.77. The standard InChI is InChI=1S/C27H47N/c1-3-5-6-7-8-22-9-11-23(12-10-22)24-13-15-25(16-14-24)26-17-19-27(4-2,21-28)20-18-26/h22-26H,3-20H2,1-2H3. The second kappa shape index (κ2) is 11.0. The Bertz CT molecular complexity index is 465. The molecule has 0 aromatic rings. The topological polar surface area (TPSA) is 23.8 Å². The van der Waals surface area contributed by atoms with E-state index in [1.54, 1.807) is 12.8 Å².